The Bertz CT molecular complexity index is 338. The van der Waals surface area contributed by atoms with Crippen molar-refractivity contribution in [3.05, 3.63) is 34.1 Å². The number of nitrogens with two attached hydrogens (primary N) is 1. The second-order valence-electron chi connectivity index (χ2n) is 3.42. The second kappa shape index (κ2) is 3.28. The fourth-order valence-electron chi connectivity index (χ4n) is 1.91. The zero-order valence-corrected chi connectivity index (χ0v) is 7.94. The van der Waals surface area contributed by atoms with Crippen LogP contribution >= 0.6 is 11.6 Å². The van der Waals surface area contributed by atoms with E-state index in [9.17, 15) is 4.39 Å². The molecule has 0 radical (unpaired) electrons. The van der Waals surface area contributed by atoms with E-state index in [2.05, 4.69) is 0 Å². The van der Waals surface area contributed by atoms with Gasteiger partial charge in [-0.25, -0.2) is 4.39 Å². The molecule has 1 atom stereocenters. The summed E-state index contributed by atoms with van der Waals surface area (Å²) in [6.45, 7) is 0. The highest BCUT2D eigenvalue weighted by Crippen LogP contribution is 2.34. The monoisotopic (exact) mass is 199 g/mol. The molecule has 0 unspecified atom stereocenters. The maximum Gasteiger partial charge on any atom is 0.126 e. The Morgan fingerprint density at radius 2 is 2.23 bits per heavy atom. The highest BCUT2D eigenvalue weighted by molar-refractivity contribution is 6.31. The molecular formula is C10H11ClFN. The first-order valence-electron chi connectivity index (χ1n) is 4.42. The zero-order valence-electron chi connectivity index (χ0n) is 7.19. The van der Waals surface area contributed by atoms with Crippen LogP contribution in [0.15, 0.2) is 12.1 Å². The van der Waals surface area contributed by atoms with Crippen LogP contribution in [-0.4, -0.2) is 0 Å². The lowest BCUT2D eigenvalue weighted by molar-refractivity contribution is 0.532. The van der Waals surface area contributed by atoms with Gasteiger partial charge in [-0.2, -0.15) is 0 Å². The molecule has 1 aromatic carbocycles. The lowest BCUT2D eigenvalue weighted by Gasteiger charge is -2.23. The first kappa shape index (κ1) is 8.97. The van der Waals surface area contributed by atoms with Crippen LogP contribution in [0.4, 0.5) is 4.39 Å². The number of rotatable bonds is 0. The average Bonchev–Trinajstić information content (AvgIpc) is 2.12. The predicted octanol–water partition coefficient (Wildman–Crippen LogP) is 2.82. The van der Waals surface area contributed by atoms with Crippen LogP contribution in [-0.2, 0) is 6.42 Å². The number of hydrogen-bond acceptors (Lipinski definition) is 1. The zero-order chi connectivity index (χ0) is 9.42. The Hall–Kier alpha value is -0.600. The van der Waals surface area contributed by atoms with Crippen LogP contribution in [0.5, 0.6) is 0 Å². The van der Waals surface area contributed by atoms with Crippen LogP contribution in [0.1, 0.15) is 30.0 Å². The van der Waals surface area contributed by atoms with Crippen LogP contribution in [0.3, 0.4) is 0 Å². The topological polar surface area (TPSA) is 26.0 Å². The number of hydrogen-bond donors (Lipinski definition) is 1. The molecule has 0 aliphatic heterocycles. The molecule has 1 aliphatic carbocycles. The fraction of sp³-hybridized carbons (Fsp3) is 0.400. The molecule has 0 fully saturated rings. The van der Waals surface area contributed by atoms with Crippen LogP contribution < -0.4 is 5.73 Å². The van der Waals surface area contributed by atoms with E-state index < -0.39 is 0 Å². The molecule has 1 nitrogen and oxygen atoms in total. The summed E-state index contributed by atoms with van der Waals surface area (Å²) in [5.41, 5.74) is 7.39. The van der Waals surface area contributed by atoms with Crippen LogP contribution in [0, 0.1) is 5.82 Å². The number of fused-ring (bicyclic) bond motifs is 1. The summed E-state index contributed by atoms with van der Waals surface area (Å²) in [4.78, 5) is 0. The van der Waals surface area contributed by atoms with Crippen LogP contribution in [0.2, 0.25) is 5.02 Å². The third kappa shape index (κ3) is 1.45. The van der Waals surface area contributed by atoms with Gasteiger partial charge in [0.25, 0.3) is 0 Å². The van der Waals surface area contributed by atoms with Crippen LogP contribution in [0.25, 0.3) is 0 Å². The van der Waals surface area contributed by atoms with Gasteiger partial charge in [-0.1, -0.05) is 11.6 Å². The summed E-state index contributed by atoms with van der Waals surface area (Å²) in [6, 6.07) is 2.91. The van der Waals surface area contributed by atoms with E-state index in [-0.39, 0.29) is 11.9 Å². The molecule has 0 aromatic heterocycles. The second-order valence-corrected chi connectivity index (χ2v) is 3.83. The van der Waals surface area contributed by atoms with Crippen molar-refractivity contribution in [1.29, 1.82) is 0 Å². The Labute approximate surface area is 81.7 Å². The van der Waals surface area contributed by atoms with Crippen molar-refractivity contribution >= 4 is 11.6 Å². The first-order valence-corrected chi connectivity index (χ1v) is 4.80. The normalized spacial score (nSPS) is 21.3. The van der Waals surface area contributed by atoms with E-state index in [1.54, 1.807) is 6.07 Å². The smallest absolute Gasteiger partial charge is 0.126 e. The van der Waals surface area contributed by atoms with Gasteiger partial charge in [-0.3, -0.25) is 0 Å². The minimum atomic E-state index is -0.172. The quantitative estimate of drug-likeness (QED) is 0.683. The minimum absolute atomic E-state index is 0.0908. The number of benzene rings is 1. The van der Waals surface area contributed by atoms with Gasteiger partial charge in [0.1, 0.15) is 5.82 Å². The highest BCUT2D eigenvalue weighted by Gasteiger charge is 2.22. The van der Waals surface area contributed by atoms with Crippen molar-refractivity contribution in [2.24, 2.45) is 5.73 Å². The van der Waals surface area contributed by atoms with Crippen molar-refractivity contribution < 1.29 is 4.39 Å². The largest absolute Gasteiger partial charge is 0.324 e. The molecule has 0 spiro atoms. The van der Waals surface area contributed by atoms with Gasteiger partial charge in [-0.15, -0.1) is 0 Å². The molecule has 2 N–H and O–H groups in total. The van der Waals surface area contributed by atoms with Crippen molar-refractivity contribution in [1.82, 2.24) is 0 Å². The average molecular weight is 200 g/mol. The molecule has 0 saturated carbocycles. The molecule has 0 bridgehead atoms. The first-order chi connectivity index (χ1) is 6.20. The fourth-order valence-corrected chi connectivity index (χ4v) is 2.22. The van der Waals surface area contributed by atoms with Gasteiger partial charge >= 0.3 is 0 Å². The molecular weight excluding hydrogens is 189 g/mol. The molecule has 13 heavy (non-hydrogen) atoms. The van der Waals surface area contributed by atoms with E-state index in [1.165, 1.54) is 6.07 Å². The maximum atomic E-state index is 13.3. The molecule has 0 saturated heterocycles. The van der Waals surface area contributed by atoms with E-state index >= 15 is 0 Å². The number of halogens is 2. The van der Waals surface area contributed by atoms with Crippen molar-refractivity contribution in [2.45, 2.75) is 25.3 Å². The third-order valence-corrected chi connectivity index (χ3v) is 2.89. The summed E-state index contributed by atoms with van der Waals surface area (Å²) in [7, 11) is 0. The van der Waals surface area contributed by atoms with Crippen molar-refractivity contribution in [3.8, 4) is 0 Å². The molecule has 0 heterocycles. The standard InChI is InChI=1S/C10H11ClFN/c11-7-4-5-8(12)6-2-1-3-9(13)10(6)7/h4-5,9H,1-3,13H2/t9-/m1/s1. The summed E-state index contributed by atoms with van der Waals surface area (Å²) in [6.07, 6.45) is 2.61. The van der Waals surface area contributed by atoms with Gasteiger partial charge in [0.2, 0.25) is 0 Å². The lowest BCUT2D eigenvalue weighted by Crippen LogP contribution is -2.19. The summed E-state index contributed by atoms with van der Waals surface area (Å²) >= 11 is 5.96. The Kier molecular flexibility index (Phi) is 2.26. The molecule has 0 amide bonds. The van der Waals surface area contributed by atoms with Crippen molar-refractivity contribution in [3.63, 3.8) is 0 Å². The van der Waals surface area contributed by atoms with Gasteiger partial charge < -0.3 is 5.73 Å². The third-order valence-electron chi connectivity index (χ3n) is 2.56. The molecule has 3 heteroatoms. The van der Waals surface area contributed by atoms with Crippen molar-refractivity contribution in [2.75, 3.05) is 0 Å². The van der Waals surface area contributed by atoms with E-state index in [1.807, 2.05) is 0 Å². The van der Waals surface area contributed by atoms with Gasteiger partial charge in [0.05, 0.1) is 0 Å². The Balaban J connectivity index is 2.60. The molecule has 1 aromatic rings. The molecule has 70 valence electrons. The minimum Gasteiger partial charge on any atom is -0.324 e. The molecule has 2 rings (SSSR count). The summed E-state index contributed by atoms with van der Waals surface area (Å²) in [5, 5.41) is 0.601. The Morgan fingerprint density at radius 1 is 1.46 bits per heavy atom. The summed E-state index contributed by atoms with van der Waals surface area (Å²) < 4.78 is 13.3. The lowest BCUT2D eigenvalue weighted by atomic mass is 9.88. The van der Waals surface area contributed by atoms with E-state index in [0.717, 1.165) is 24.8 Å². The highest BCUT2D eigenvalue weighted by atomic mass is 35.5. The van der Waals surface area contributed by atoms with Gasteiger partial charge in [0.15, 0.2) is 0 Å². The Morgan fingerprint density at radius 3 is 2.92 bits per heavy atom. The maximum absolute atomic E-state index is 13.3. The predicted molar refractivity (Wildman–Crippen MR) is 51.3 cm³/mol. The van der Waals surface area contributed by atoms with Gasteiger partial charge in [0, 0.05) is 11.1 Å². The van der Waals surface area contributed by atoms with E-state index in [0.29, 0.717) is 10.6 Å². The SMILES string of the molecule is N[C@@H]1CCCc2c(F)ccc(Cl)c21. The van der Waals surface area contributed by atoms with Gasteiger partial charge in [-0.05, 0) is 42.5 Å². The van der Waals surface area contributed by atoms with E-state index in [4.69, 9.17) is 17.3 Å². The summed E-state index contributed by atoms with van der Waals surface area (Å²) in [5.74, 6) is -0.172. The molecule has 1 aliphatic rings.